The first-order valence-electron chi connectivity index (χ1n) is 9.99. The molecule has 0 unspecified atom stereocenters. The third-order valence-corrected chi connectivity index (χ3v) is 4.87. The highest BCUT2D eigenvalue weighted by Crippen LogP contribution is 2.24. The molecule has 0 atom stereocenters. The van der Waals surface area contributed by atoms with Gasteiger partial charge >= 0.3 is 0 Å². The molecule has 0 aromatic heterocycles. The van der Waals surface area contributed by atoms with Crippen molar-refractivity contribution in [3.05, 3.63) is 0 Å². The summed E-state index contributed by atoms with van der Waals surface area (Å²) in [6.45, 7) is 6.05. The summed E-state index contributed by atoms with van der Waals surface area (Å²) in [6.07, 6.45) is 19.7. The van der Waals surface area contributed by atoms with Gasteiger partial charge in [-0.2, -0.15) is 0 Å². The molecule has 0 bridgehead atoms. The van der Waals surface area contributed by atoms with Gasteiger partial charge in [0.05, 0.1) is 0 Å². The second kappa shape index (κ2) is 15.0. The first kappa shape index (κ1) is 22.4. The van der Waals surface area contributed by atoms with E-state index in [1.54, 1.807) is 5.48 Å². The van der Waals surface area contributed by atoms with Crippen LogP contribution in [0.4, 0.5) is 0 Å². The molecule has 3 nitrogen and oxygen atoms in total. The monoisotopic (exact) mass is 327 g/mol. The fourth-order valence-corrected chi connectivity index (χ4v) is 3.03. The van der Waals surface area contributed by atoms with Crippen LogP contribution in [0, 0.1) is 5.41 Å². The highest BCUT2D eigenvalue weighted by molar-refractivity contribution is 5.80. The Morgan fingerprint density at radius 1 is 0.739 bits per heavy atom. The maximum absolute atomic E-state index is 11.4. The Hall–Kier alpha value is -0.570. The number of hydroxylamine groups is 1. The van der Waals surface area contributed by atoms with Gasteiger partial charge in [0.25, 0.3) is 0 Å². The SMILES string of the molecule is CCCCCCCCCCCCCCCCC(C)(C)C(=O)NO. The Morgan fingerprint density at radius 2 is 1.09 bits per heavy atom. The molecule has 0 aliphatic heterocycles. The van der Waals surface area contributed by atoms with Gasteiger partial charge in [0, 0.05) is 5.41 Å². The van der Waals surface area contributed by atoms with Gasteiger partial charge in [0.1, 0.15) is 0 Å². The molecule has 23 heavy (non-hydrogen) atoms. The summed E-state index contributed by atoms with van der Waals surface area (Å²) in [7, 11) is 0. The lowest BCUT2D eigenvalue weighted by Crippen LogP contribution is -2.34. The molecule has 0 aliphatic carbocycles. The van der Waals surface area contributed by atoms with Crippen molar-refractivity contribution < 1.29 is 10.0 Å². The van der Waals surface area contributed by atoms with Crippen molar-refractivity contribution in [2.45, 2.75) is 117 Å². The average Bonchev–Trinajstić information content (AvgIpc) is 2.54. The molecule has 2 N–H and O–H groups in total. The standard InChI is InChI=1S/C20H41NO2/c1-4-5-6-7-8-9-10-11-12-13-14-15-16-17-18-20(2,3)19(22)21-23/h23H,4-18H2,1-3H3,(H,21,22). The van der Waals surface area contributed by atoms with E-state index in [9.17, 15) is 4.79 Å². The van der Waals surface area contributed by atoms with Crippen LogP contribution in [0.3, 0.4) is 0 Å². The Bertz CT molecular complexity index is 277. The summed E-state index contributed by atoms with van der Waals surface area (Å²) < 4.78 is 0. The molecule has 0 radical (unpaired) electrons. The van der Waals surface area contributed by atoms with E-state index in [1.807, 2.05) is 13.8 Å². The van der Waals surface area contributed by atoms with Crippen molar-refractivity contribution in [1.29, 1.82) is 0 Å². The van der Waals surface area contributed by atoms with E-state index in [1.165, 1.54) is 83.5 Å². The van der Waals surface area contributed by atoms with Crippen LogP contribution in [0.25, 0.3) is 0 Å². The van der Waals surface area contributed by atoms with Gasteiger partial charge in [-0.15, -0.1) is 0 Å². The first-order chi connectivity index (χ1) is 11.0. The van der Waals surface area contributed by atoms with Crippen LogP contribution in [0.2, 0.25) is 0 Å². The molecule has 0 fully saturated rings. The Kier molecular flexibility index (Phi) is 14.6. The minimum atomic E-state index is -0.453. The van der Waals surface area contributed by atoms with Crippen LogP contribution < -0.4 is 5.48 Å². The maximum atomic E-state index is 11.4. The summed E-state index contributed by atoms with van der Waals surface area (Å²) in [5, 5.41) is 8.69. The molecule has 0 aromatic carbocycles. The third kappa shape index (κ3) is 13.6. The van der Waals surface area contributed by atoms with Gasteiger partial charge in [-0.25, -0.2) is 5.48 Å². The molecule has 138 valence electrons. The topological polar surface area (TPSA) is 49.3 Å². The number of nitrogens with one attached hydrogen (secondary N) is 1. The van der Waals surface area contributed by atoms with Crippen molar-refractivity contribution in [3.8, 4) is 0 Å². The zero-order valence-corrected chi connectivity index (χ0v) is 16.0. The van der Waals surface area contributed by atoms with E-state index in [0.717, 1.165) is 12.8 Å². The smallest absolute Gasteiger partial charge is 0.248 e. The van der Waals surface area contributed by atoms with Crippen LogP contribution >= 0.6 is 0 Å². The highest BCUT2D eigenvalue weighted by atomic mass is 16.5. The quantitative estimate of drug-likeness (QED) is 0.196. The molecule has 0 saturated carbocycles. The predicted octanol–water partition coefficient (Wildman–Crippen LogP) is 6.39. The average molecular weight is 328 g/mol. The molecule has 1 amide bonds. The van der Waals surface area contributed by atoms with Gasteiger partial charge in [-0.3, -0.25) is 10.0 Å². The second-order valence-electron chi connectivity index (χ2n) is 7.67. The van der Waals surface area contributed by atoms with Crippen LogP contribution in [-0.2, 0) is 4.79 Å². The van der Waals surface area contributed by atoms with Crippen molar-refractivity contribution in [2.24, 2.45) is 5.41 Å². The van der Waals surface area contributed by atoms with Crippen LogP contribution in [-0.4, -0.2) is 11.1 Å². The van der Waals surface area contributed by atoms with Crippen molar-refractivity contribution in [3.63, 3.8) is 0 Å². The van der Waals surface area contributed by atoms with E-state index in [2.05, 4.69) is 6.92 Å². The zero-order chi connectivity index (χ0) is 17.4. The Morgan fingerprint density at radius 3 is 1.43 bits per heavy atom. The van der Waals surface area contributed by atoms with Gasteiger partial charge in [0.2, 0.25) is 5.91 Å². The Balaban J connectivity index is 3.24. The number of carbonyl (C=O) groups excluding carboxylic acids is 1. The fraction of sp³-hybridized carbons (Fsp3) is 0.950. The van der Waals surface area contributed by atoms with Gasteiger partial charge < -0.3 is 0 Å². The summed E-state index contributed by atoms with van der Waals surface area (Å²) in [4.78, 5) is 11.4. The highest BCUT2D eigenvalue weighted by Gasteiger charge is 2.26. The zero-order valence-electron chi connectivity index (χ0n) is 16.0. The number of amides is 1. The van der Waals surface area contributed by atoms with E-state index in [4.69, 9.17) is 5.21 Å². The molecule has 0 heterocycles. The molecule has 0 saturated heterocycles. The third-order valence-electron chi connectivity index (χ3n) is 4.87. The fourth-order valence-electron chi connectivity index (χ4n) is 3.03. The summed E-state index contributed by atoms with van der Waals surface area (Å²) in [5.74, 6) is -0.271. The molecule has 3 heteroatoms. The largest absolute Gasteiger partial charge is 0.289 e. The molecule has 0 aliphatic rings. The van der Waals surface area contributed by atoms with E-state index >= 15 is 0 Å². The molecule has 0 aromatic rings. The van der Waals surface area contributed by atoms with E-state index < -0.39 is 5.41 Å². The van der Waals surface area contributed by atoms with Gasteiger partial charge in [-0.1, -0.05) is 111 Å². The second-order valence-corrected chi connectivity index (χ2v) is 7.67. The van der Waals surface area contributed by atoms with Gasteiger partial charge in [0.15, 0.2) is 0 Å². The van der Waals surface area contributed by atoms with Crippen LogP contribution in [0.15, 0.2) is 0 Å². The number of hydrogen-bond acceptors (Lipinski definition) is 2. The molecular formula is C20H41NO2. The first-order valence-corrected chi connectivity index (χ1v) is 9.99. The predicted molar refractivity (Wildman–Crippen MR) is 98.6 cm³/mol. The maximum Gasteiger partial charge on any atom is 0.248 e. The lowest BCUT2D eigenvalue weighted by atomic mass is 9.86. The molecule has 0 spiro atoms. The van der Waals surface area contributed by atoms with E-state index in [0.29, 0.717) is 0 Å². The van der Waals surface area contributed by atoms with Crippen molar-refractivity contribution in [2.75, 3.05) is 0 Å². The number of unbranched alkanes of at least 4 members (excludes halogenated alkanes) is 13. The minimum Gasteiger partial charge on any atom is -0.289 e. The lowest BCUT2D eigenvalue weighted by molar-refractivity contribution is -0.138. The van der Waals surface area contributed by atoms with Crippen molar-refractivity contribution in [1.82, 2.24) is 5.48 Å². The Labute approximate surface area is 144 Å². The van der Waals surface area contributed by atoms with Gasteiger partial charge in [-0.05, 0) is 6.42 Å². The van der Waals surface area contributed by atoms with Crippen LogP contribution in [0.1, 0.15) is 117 Å². The lowest BCUT2D eigenvalue weighted by Gasteiger charge is -2.21. The normalized spacial score (nSPS) is 11.7. The number of hydrogen-bond donors (Lipinski definition) is 2. The summed E-state index contributed by atoms with van der Waals surface area (Å²) in [5.41, 5.74) is 1.31. The van der Waals surface area contributed by atoms with E-state index in [-0.39, 0.29) is 5.91 Å². The van der Waals surface area contributed by atoms with Crippen LogP contribution in [0.5, 0.6) is 0 Å². The summed E-state index contributed by atoms with van der Waals surface area (Å²) in [6, 6.07) is 0. The minimum absolute atomic E-state index is 0.271. The number of carbonyl (C=O) groups is 1. The summed E-state index contributed by atoms with van der Waals surface area (Å²) >= 11 is 0. The molecule has 0 rings (SSSR count). The molecular weight excluding hydrogens is 286 g/mol. The number of rotatable bonds is 16. The van der Waals surface area contributed by atoms with Crippen molar-refractivity contribution >= 4 is 5.91 Å².